The quantitative estimate of drug-likeness (QED) is 0.795. The second-order valence-electron chi connectivity index (χ2n) is 4.68. The number of amides is 1. The molecule has 1 amide bonds. The van der Waals surface area contributed by atoms with Gasteiger partial charge in [-0.05, 0) is 31.9 Å². The fourth-order valence-corrected chi connectivity index (χ4v) is 1.91. The summed E-state index contributed by atoms with van der Waals surface area (Å²) >= 11 is 0. The van der Waals surface area contributed by atoms with Gasteiger partial charge in [-0.15, -0.1) is 6.58 Å². The van der Waals surface area contributed by atoms with Crippen molar-refractivity contribution < 1.29 is 19.1 Å². The van der Waals surface area contributed by atoms with Crippen molar-refractivity contribution in [2.24, 2.45) is 0 Å². The summed E-state index contributed by atoms with van der Waals surface area (Å²) in [7, 11) is 0. The van der Waals surface area contributed by atoms with Gasteiger partial charge in [0.15, 0.2) is 11.3 Å². The van der Waals surface area contributed by atoms with Gasteiger partial charge in [0.25, 0.3) is 5.91 Å². The van der Waals surface area contributed by atoms with E-state index in [1.807, 2.05) is 6.92 Å². The predicted octanol–water partition coefficient (Wildman–Crippen LogP) is 2.29. The minimum absolute atomic E-state index is 0.0490. The van der Waals surface area contributed by atoms with Gasteiger partial charge in [0, 0.05) is 11.8 Å². The van der Waals surface area contributed by atoms with Crippen molar-refractivity contribution in [2.75, 3.05) is 0 Å². The smallest absolute Gasteiger partial charge is 0.326 e. The first-order valence-corrected chi connectivity index (χ1v) is 6.53. The maximum atomic E-state index is 12.1. The number of nitrogens with zero attached hydrogens (tertiary/aromatic N) is 1. The van der Waals surface area contributed by atoms with Crippen molar-refractivity contribution in [2.45, 2.75) is 25.8 Å². The topological polar surface area (TPSA) is 92.4 Å². The molecule has 2 aromatic heterocycles. The van der Waals surface area contributed by atoms with E-state index in [1.165, 1.54) is 6.07 Å². The second kappa shape index (κ2) is 6.21. The van der Waals surface area contributed by atoms with Crippen molar-refractivity contribution in [3.05, 3.63) is 42.3 Å². The lowest BCUT2D eigenvalue weighted by atomic mass is 10.1. The second-order valence-corrected chi connectivity index (χ2v) is 4.68. The van der Waals surface area contributed by atoms with E-state index in [1.54, 1.807) is 18.2 Å². The van der Waals surface area contributed by atoms with E-state index in [2.05, 4.69) is 16.9 Å². The minimum atomic E-state index is -1.09. The van der Waals surface area contributed by atoms with Crippen LogP contribution in [0.2, 0.25) is 0 Å². The number of allylic oxidation sites excluding steroid dienone is 1. The predicted molar refractivity (Wildman–Crippen MR) is 77.1 cm³/mol. The van der Waals surface area contributed by atoms with Crippen molar-refractivity contribution in [3.8, 4) is 0 Å². The van der Waals surface area contributed by atoms with Gasteiger partial charge in [0.05, 0.1) is 0 Å². The number of nitrogens with one attached hydrogen (secondary N) is 1. The molecule has 6 nitrogen and oxygen atoms in total. The number of carboxylic acid groups (broad SMARTS) is 1. The Morgan fingerprint density at radius 1 is 1.52 bits per heavy atom. The van der Waals surface area contributed by atoms with E-state index in [0.717, 1.165) is 5.69 Å². The van der Waals surface area contributed by atoms with Crippen LogP contribution in [-0.2, 0) is 4.79 Å². The molecule has 21 heavy (non-hydrogen) atoms. The van der Waals surface area contributed by atoms with Gasteiger partial charge in [-0.2, -0.15) is 0 Å². The molecule has 0 aliphatic rings. The zero-order valence-electron chi connectivity index (χ0n) is 11.6. The van der Waals surface area contributed by atoms with Crippen LogP contribution in [-0.4, -0.2) is 28.0 Å². The molecule has 110 valence electrons. The van der Waals surface area contributed by atoms with Crippen molar-refractivity contribution in [1.82, 2.24) is 10.3 Å². The number of hydrogen-bond donors (Lipinski definition) is 2. The maximum absolute atomic E-state index is 12.1. The fourth-order valence-electron chi connectivity index (χ4n) is 1.91. The summed E-state index contributed by atoms with van der Waals surface area (Å²) in [5, 5.41) is 11.5. The van der Waals surface area contributed by atoms with Crippen LogP contribution in [0.25, 0.3) is 11.1 Å². The third kappa shape index (κ3) is 3.47. The first-order chi connectivity index (χ1) is 10.0. The number of aromatic nitrogens is 1. The van der Waals surface area contributed by atoms with Gasteiger partial charge in [-0.3, -0.25) is 4.79 Å². The maximum Gasteiger partial charge on any atom is 0.326 e. The summed E-state index contributed by atoms with van der Waals surface area (Å²) in [5.41, 5.74) is 1.87. The summed E-state index contributed by atoms with van der Waals surface area (Å²) in [5.74, 6) is -1.61. The molecule has 2 rings (SSSR count). The van der Waals surface area contributed by atoms with E-state index in [4.69, 9.17) is 9.52 Å². The van der Waals surface area contributed by atoms with E-state index in [9.17, 15) is 9.59 Å². The number of carboxylic acids is 1. The van der Waals surface area contributed by atoms with Crippen LogP contribution in [0, 0.1) is 6.92 Å². The molecule has 0 aliphatic heterocycles. The van der Waals surface area contributed by atoms with Crippen LogP contribution in [0.4, 0.5) is 0 Å². The number of fused-ring (bicyclic) bond motifs is 1. The number of hydrogen-bond acceptors (Lipinski definition) is 4. The average Bonchev–Trinajstić information content (AvgIpc) is 2.85. The van der Waals surface area contributed by atoms with E-state index in [-0.39, 0.29) is 12.2 Å². The molecule has 6 heteroatoms. The lowest BCUT2D eigenvalue weighted by molar-refractivity contribution is -0.139. The summed E-state index contributed by atoms with van der Waals surface area (Å²) in [4.78, 5) is 27.4. The highest BCUT2D eigenvalue weighted by atomic mass is 16.4. The molecule has 0 fully saturated rings. The molecule has 2 N–H and O–H groups in total. The third-order valence-corrected chi connectivity index (χ3v) is 3.00. The molecule has 0 aliphatic carbocycles. The van der Waals surface area contributed by atoms with Crippen LogP contribution in [0.1, 0.15) is 29.1 Å². The SMILES string of the molecule is C=CCCC(NC(=O)c1cc2nc(C)ccc2o1)C(=O)O. The molecule has 0 saturated heterocycles. The van der Waals surface area contributed by atoms with E-state index >= 15 is 0 Å². The molecule has 0 aromatic carbocycles. The standard InChI is InChI=1S/C15H16N2O4/c1-3-4-5-10(15(19)20)17-14(18)13-8-11-12(21-13)7-6-9(2)16-11/h3,6-8,10H,1,4-5H2,2H3,(H,17,18)(H,19,20). The Hall–Kier alpha value is -2.63. The van der Waals surface area contributed by atoms with E-state index < -0.39 is 17.9 Å². The molecular formula is C15H16N2O4. The van der Waals surface area contributed by atoms with Gasteiger partial charge in [0.2, 0.25) is 0 Å². The highest BCUT2D eigenvalue weighted by Crippen LogP contribution is 2.18. The number of carbonyl (C=O) groups excluding carboxylic acids is 1. The number of carbonyl (C=O) groups is 2. The van der Waals surface area contributed by atoms with Gasteiger partial charge >= 0.3 is 5.97 Å². The van der Waals surface area contributed by atoms with Crippen LogP contribution < -0.4 is 5.32 Å². The third-order valence-electron chi connectivity index (χ3n) is 3.00. The summed E-state index contributed by atoms with van der Waals surface area (Å²) in [6.45, 7) is 5.37. The molecule has 0 radical (unpaired) electrons. The molecule has 2 heterocycles. The molecular weight excluding hydrogens is 272 g/mol. The largest absolute Gasteiger partial charge is 0.480 e. The van der Waals surface area contributed by atoms with Gasteiger partial charge < -0.3 is 14.8 Å². The van der Waals surface area contributed by atoms with Crippen LogP contribution in [0.5, 0.6) is 0 Å². The molecule has 0 bridgehead atoms. The molecule has 0 spiro atoms. The monoisotopic (exact) mass is 288 g/mol. The summed E-state index contributed by atoms with van der Waals surface area (Å²) in [6, 6.07) is 4.03. The number of pyridine rings is 1. The molecule has 1 atom stereocenters. The van der Waals surface area contributed by atoms with E-state index in [0.29, 0.717) is 17.5 Å². The van der Waals surface area contributed by atoms with Gasteiger partial charge in [0.1, 0.15) is 11.6 Å². The lowest BCUT2D eigenvalue weighted by Crippen LogP contribution is -2.40. The normalized spacial score (nSPS) is 12.0. The number of aryl methyl sites for hydroxylation is 1. The zero-order valence-corrected chi connectivity index (χ0v) is 11.6. The first-order valence-electron chi connectivity index (χ1n) is 6.53. The zero-order chi connectivity index (χ0) is 15.4. The Morgan fingerprint density at radius 3 is 2.95 bits per heavy atom. The van der Waals surface area contributed by atoms with Crippen molar-refractivity contribution >= 4 is 23.0 Å². The highest BCUT2D eigenvalue weighted by molar-refractivity contribution is 5.97. The summed E-state index contributed by atoms with van der Waals surface area (Å²) in [6.07, 6.45) is 2.39. The van der Waals surface area contributed by atoms with Crippen LogP contribution in [0.15, 0.2) is 35.3 Å². The Bertz CT molecular complexity index is 690. The fraction of sp³-hybridized carbons (Fsp3) is 0.267. The lowest BCUT2D eigenvalue weighted by Gasteiger charge is -2.12. The molecule has 1 unspecified atom stereocenters. The van der Waals surface area contributed by atoms with Crippen LogP contribution >= 0.6 is 0 Å². The van der Waals surface area contributed by atoms with Crippen molar-refractivity contribution in [1.29, 1.82) is 0 Å². The Kier molecular flexibility index (Phi) is 4.37. The van der Waals surface area contributed by atoms with Gasteiger partial charge in [-0.25, -0.2) is 9.78 Å². The Morgan fingerprint density at radius 2 is 2.29 bits per heavy atom. The average molecular weight is 288 g/mol. The number of rotatable bonds is 6. The van der Waals surface area contributed by atoms with Gasteiger partial charge in [-0.1, -0.05) is 6.08 Å². The van der Waals surface area contributed by atoms with Crippen molar-refractivity contribution in [3.63, 3.8) is 0 Å². The number of aliphatic carboxylic acids is 1. The minimum Gasteiger partial charge on any atom is -0.480 e. The van der Waals surface area contributed by atoms with Crippen LogP contribution in [0.3, 0.4) is 0 Å². The Balaban J connectivity index is 2.16. The highest BCUT2D eigenvalue weighted by Gasteiger charge is 2.22. The molecule has 0 saturated carbocycles. The first kappa shape index (κ1) is 14.8. The summed E-state index contributed by atoms with van der Waals surface area (Å²) < 4.78 is 5.38. The Labute approximate surface area is 121 Å². The molecule has 2 aromatic rings. The number of furan rings is 1.